The lowest BCUT2D eigenvalue weighted by atomic mass is 9.99. The number of nitriles is 1. The normalized spacial score (nSPS) is 15.6. The van der Waals surface area contributed by atoms with Crippen LogP contribution in [0.2, 0.25) is 0 Å². The second-order valence-electron chi connectivity index (χ2n) is 7.02. The van der Waals surface area contributed by atoms with Gasteiger partial charge >= 0.3 is 0 Å². The minimum Gasteiger partial charge on any atom is -0.459 e. The molecule has 2 aromatic carbocycles. The fraction of sp³-hybridized carbons (Fsp3) is 0.174. The molecule has 4 rings (SSSR count). The largest absolute Gasteiger partial charge is 0.459 e. The van der Waals surface area contributed by atoms with Crippen LogP contribution in [-0.4, -0.2) is 24.4 Å². The highest BCUT2D eigenvalue weighted by Crippen LogP contribution is 2.39. The van der Waals surface area contributed by atoms with Crippen molar-refractivity contribution in [2.45, 2.75) is 19.9 Å². The molecule has 1 aliphatic heterocycles. The Morgan fingerprint density at radius 3 is 2.41 bits per heavy atom. The van der Waals surface area contributed by atoms with Crippen LogP contribution in [0.4, 0.5) is 11.4 Å². The van der Waals surface area contributed by atoms with E-state index in [0.29, 0.717) is 23.5 Å². The van der Waals surface area contributed by atoms with Crippen molar-refractivity contribution in [3.63, 3.8) is 0 Å². The smallest absolute Gasteiger partial charge is 0.294 e. The van der Waals surface area contributed by atoms with Crippen LogP contribution in [-0.2, 0) is 4.79 Å². The Bertz CT molecular complexity index is 1110. The molecule has 6 heteroatoms. The molecule has 0 saturated carbocycles. The van der Waals surface area contributed by atoms with Crippen LogP contribution in [0.15, 0.2) is 65.3 Å². The number of hydrogen-bond donors (Lipinski definition) is 0. The van der Waals surface area contributed by atoms with Gasteiger partial charge in [-0.1, -0.05) is 18.2 Å². The molecule has 0 aliphatic carbocycles. The molecule has 0 saturated heterocycles. The maximum Gasteiger partial charge on any atom is 0.294 e. The highest BCUT2D eigenvalue weighted by Gasteiger charge is 2.34. The van der Waals surface area contributed by atoms with Gasteiger partial charge < -0.3 is 14.2 Å². The van der Waals surface area contributed by atoms with E-state index in [1.165, 1.54) is 13.2 Å². The Hall–Kier alpha value is -3.85. The predicted molar refractivity (Wildman–Crippen MR) is 110 cm³/mol. The zero-order valence-electron chi connectivity index (χ0n) is 16.1. The van der Waals surface area contributed by atoms with Gasteiger partial charge in [-0.3, -0.25) is 9.59 Å². The molecule has 0 N–H and O–H groups in total. The number of anilines is 2. The van der Waals surface area contributed by atoms with E-state index >= 15 is 0 Å². The fourth-order valence-electron chi connectivity index (χ4n) is 3.75. The molecule has 29 heavy (non-hydrogen) atoms. The monoisotopic (exact) mass is 385 g/mol. The topological polar surface area (TPSA) is 77.5 Å². The molecular formula is C23H19N3O3. The third-order valence-electron chi connectivity index (χ3n) is 5.08. The third kappa shape index (κ3) is 3.27. The number of carbonyl (C=O) groups excluding carboxylic acids is 2. The van der Waals surface area contributed by atoms with Gasteiger partial charge in [0, 0.05) is 13.5 Å². The van der Waals surface area contributed by atoms with Gasteiger partial charge in [0.1, 0.15) is 0 Å². The second-order valence-corrected chi connectivity index (χ2v) is 7.02. The summed E-state index contributed by atoms with van der Waals surface area (Å²) in [6.45, 7) is 3.81. The highest BCUT2D eigenvalue weighted by molar-refractivity contribution is 6.10. The summed E-state index contributed by atoms with van der Waals surface area (Å²) in [7, 11) is 0. The van der Waals surface area contributed by atoms with Crippen LogP contribution in [0.25, 0.3) is 11.1 Å². The quantitative estimate of drug-likeness (QED) is 0.662. The molecule has 1 atom stereocenters. The predicted octanol–water partition coefficient (Wildman–Crippen LogP) is 4.22. The van der Waals surface area contributed by atoms with Gasteiger partial charge in [-0.2, -0.15) is 5.26 Å². The molecule has 0 fully saturated rings. The summed E-state index contributed by atoms with van der Waals surface area (Å²) in [5, 5.41) is 9.01. The molecule has 1 unspecified atom stereocenters. The van der Waals surface area contributed by atoms with Crippen molar-refractivity contribution < 1.29 is 14.0 Å². The Balaban J connectivity index is 1.83. The highest BCUT2D eigenvalue weighted by atomic mass is 16.3. The summed E-state index contributed by atoms with van der Waals surface area (Å²) in [5.41, 5.74) is 3.74. The number of benzene rings is 2. The number of carbonyl (C=O) groups is 2. The van der Waals surface area contributed by atoms with Crippen molar-refractivity contribution >= 4 is 23.2 Å². The number of hydrogen-bond acceptors (Lipinski definition) is 4. The molecule has 0 radical (unpaired) electrons. The number of fused-ring (bicyclic) bond motifs is 1. The average molecular weight is 385 g/mol. The number of amides is 2. The molecule has 2 heterocycles. The van der Waals surface area contributed by atoms with Crippen molar-refractivity contribution in [1.29, 1.82) is 5.26 Å². The van der Waals surface area contributed by atoms with Gasteiger partial charge in [0.25, 0.3) is 5.91 Å². The number of nitrogens with zero attached hydrogens (tertiary/aromatic N) is 3. The van der Waals surface area contributed by atoms with Crippen LogP contribution in [0.5, 0.6) is 0 Å². The lowest BCUT2D eigenvalue weighted by Gasteiger charge is -2.40. The minimum absolute atomic E-state index is 0.0741. The molecule has 3 aromatic rings. The van der Waals surface area contributed by atoms with Gasteiger partial charge in [-0.05, 0) is 54.4 Å². The summed E-state index contributed by atoms with van der Waals surface area (Å²) < 4.78 is 5.31. The number of furan rings is 1. The Morgan fingerprint density at radius 1 is 1.07 bits per heavy atom. The SMILES string of the molecule is CC(=O)N1c2ccc(-c3ccc(C#N)cc3)cc2N(C(=O)c2ccco2)CC1C. The van der Waals surface area contributed by atoms with Gasteiger partial charge in [0.05, 0.1) is 35.3 Å². The Kier molecular flexibility index (Phi) is 4.65. The van der Waals surface area contributed by atoms with Crippen molar-refractivity contribution in [2.24, 2.45) is 0 Å². The van der Waals surface area contributed by atoms with E-state index < -0.39 is 0 Å². The van der Waals surface area contributed by atoms with Crippen LogP contribution in [0, 0.1) is 11.3 Å². The maximum atomic E-state index is 13.1. The first-order valence-electron chi connectivity index (χ1n) is 9.29. The van der Waals surface area contributed by atoms with Gasteiger partial charge in [0.15, 0.2) is 5.76 Å². The fourth-order valence-corrected chi connectivity index (χ4v) is 3.75. The Morgan fingerprint density at radius 2 is 1.79 bits per heavy atom. The van der Waals surface area contributed by atoms with Crippen molar-refractivity contribution in [3.05, 3.63) is 72.2 Å². The van der Waals surface area contributed by atoms with E-state index in [2.05, 4.69) is 6.07 Å². The van der Waals surface area contributed by atoms with E-state index in [1.54, 1.807) is 34.1 Å². The van der Waals surface area contributed by atoms with Crippen molar-refractivity contribution in [2.75, 3.05) is 16.3 Å². The molecular weight excluding hydrogens is 366 g/mol. The van der Waals surface area contributed by atoms with E-state index in [-0.39, 0.29) is 23.6 Å². The van der Waals surface area contributed by atoms with Crippen LogP contribution < -0.4 is 9.80 Å². The summed E-state index contributed by atoms with van der Waals surface area (Å²) in [5.74, 6) is -0.0681. The van der Waals surface area contributed by atoms with E-state index in [9.17, 15) is 9.59 Å². The zero-order valence-corrected chi connectivity index (χ0v) is 16.1. The van der Waals surface area contributed by atoms with Crippen LogP contribution >= 0.6 is 0 Å². The minimum atomic E-state index is -0.247. The number of rotatable bonds is 2. The molecule has 144 valence electrons. The maximum absolute atomic E-state index is 13.1. The first kappa shape index (κ1) is 18.5. The lowest BCUT2D eigenvalue weighted by molar-refractivity contribution is -0.117. The van der Waals surface area contributed by atoms with Crippen molar-refractivity contribution in [1.82, 2.24) is 0 Å². The molecule has 0 bridgehead atoms. The molecule has 1 aliphatic rings. The summed E-state index contributed by atoms with van der Waals surface area (Å²) in [6.07, 6.45) is 1.47. The van der Waals surface area contributed by atoms with Gasteiger partial charge in [-0.25, -0.2) is 0 Å². The lowest BCUT2D eigenvalue weighted by Crippen LogP contribution is -2.51. The average Bonchev–Trinajstić information content (AvgIpc) is 3.27. The van der Waals surface area contributed by atoms with Gasteiger partial charge in [0.2, 0.25) is 5.91 Å². The first-order valence-corrected chi connectivity index (χ1v) is 9.29. The standard InChI is InChI=1S/C23H19N3O3/c1-15-14-25(23(28)22-4-3-11-29-22)21-12-19(9-10-20(21)26(15)16(2)27)18-7-5-17(13-24)6-8-18/h3-12,15H,14H2,1-2H3. The second kappa shape index (κ2) is 7.28. The Labute approximate surface area is 168 Å². The zero-order chi connectivity index (χ0) is 20.5. The third-order valence-corrected chi connectivity index (χ3v) is 5.08. The summed E-state index contributed by atoms with van der Waals surface area (Å²) >= 11 is 0. The summed E-state index contributed by atoms with van der Waals surface area (Å²) in [4.78, 5) is 28.7. The van der Waals surface area contributed by atoms with E-state index in [0.717, 1.165) is 11.1 Å². The molecule has 2 amide bonds. The van der Waals surface area contributed by atoms with E-state index in [1.807, 2.05) is 37.3 Å². The van der Waals surface area contributed by atoms with Crippen LogP contribution in [0.1, 0.15) is 30.0 Å². The van der Waals surface area contributed by atoms with Crippen molar-refractivity contribution in [3.8, 4) is 17.2 Å². The molecule has 1 aromatic heterocycles. The first-order chi connectivity index (χ1) is 14.0. The molecule has 0 spiro atoms. The molecule has 6 nitrogen and oxygen atoms in total. The van der Waals surface area contributed by atoms with E-state index in [4.69, 9.17) is 9.68 Å². The summed E-state index contributed by atoms with van der Waals surface area (Å²) in [6, 6.07) is 18.2. The van der Waals surface area contributed by atoms with Crippen LogP contribution in [0.3, 0.4) is 0 Å². The van der Waals surface area contributed by atoms with Gasteiger partial charge in [-0.15, -0.1) is 0 Å².